The summed E-state index contributed by atoms with van der Waals surface area (Å²) in [6.45, 7) is 7.80. The number of hydrogen-bond donors (Lipinski definition) is 0. The minimum absolute atomic E-state index is 0.371. The van der Waals surface area contributed by atoms with Crippen molar-refractivity contribution in [3.63, 3.8) is 0 Å². The highest BCUT2D eigenvalue weighted by Gasteiger charge is 2.17. The summed E-state index contributed by atoms with van der Waals surface area (Å²) >= 11 is 1.81. The molecule has 40 heavy (non-hydrogen) atoms. The first-order valence-electron chi connectivity index (χ1n) is 14.5. The van der Waals surface area contributed by atoms with E-state index in [1.807, 2.05) is 23.5 Å². The molecule has 0 atom stereocenters. The number of fused-ring (bicyclic) bond motifs is 1. The standard InChI is InChI=1S/C33H37N3O3S/c37-34-30-24-25(9-14-31(30)39-22-20-36-17-5-6-18-36)23-29-28-7-1-2-8-32(28)40-33(29)26-10-12-27(13-11-26)38-21-19-35-15-3-4-16-35/h1-2,7-14,24H,3-6,15-23H2. The second-order valence-electron chi connectivity index (χ2n) is 10.8. The highest BCUT2D eigenvalue weighted by Crippen LogP contribution is 2.41. The third-order valence-electron chi connectivity index (χ3n) is 8.06. The van der Waals surface area contributed by atoms with Gasteiger partial charge in [0.15, 0.2) is 0 Å². The van der Waals surface area contributed by atoms with Gasteiger partial charge in [-0.15, -0.1) is 16.2 Å². The van der Waals surface area contributed by atoms with E-state index in [1.165, 1.54) is 64.9 Å². The summed E-state index contributed by atoms with van der Waals surface area (Å²) in [6, 6.07) is 22.9. The summed E-state index contributed by atoms with van der Waals surface area (Å²) in [6.07, 6.45) is 5.83. The van der Waals surface area contributed by atoms with Crippen LogP contribution in [-0.4, -0.2) is 62.3 Å². The van der Waals surface area contributed by atoms with Gasteiger partial charge in [-0.2, -0.15) is 0 Å². The van der Waals surface area contributed by atoms with Gasteiger partial charge in [-0.25, -0.2) is 0 Å². The van der Waals surface area contributed by atoms with Crippen LogP contribution >= 0.6 is 11.3 Å². The molecule has 0 aliphatic carbocycles. The van der Waals surface area contributed by atoms with E-state index in [0.717, 1.165) is 44.1 Å². The second-order valence-corrected chi connectivity index (χ2v) is 11.8. The first kappa shape index (κ1) is 26.9. The summed E-state index contributed by atoms with van der Waals surface area (Å²) in [5.74, 6) is 1.47. The van der Waals surface area contributed by atoms with Crippen molar-refractivity contribution in [3.05, 3.63) is 82.8 Å². The highest BCUT2D eigenvalue weighted by molar-refractivity contribution is 7.22. The van der Waals surface area contributed by atoms with E-state index >= 15 is 0 Å². The molecule has 0 unspecified atom stereocenters. The van der Waals surface area contributed by atoms with E-state index in [4.69, 9.17) is 9.47 Å². The number of nitrogens with zero attached hydrogens (tertiary/aromatic N) is 3. The van der Waals surface area contributed by atoms with Crippen molar-refractivity contribution in [1.29, 1.82) is 0 Å². The number of nitroso groups, excluding NO2 is 1. The van der Waals surface area contributed by atoms with E-state index in [-0.39, 0.29) is 0 Å². The molecule has 2 aliphatic rings. The molecule has 3 heterocycles. The molecule has 4 aromatic rings. The van der Waals surface area contributed by atoms with Crippen molar-refractivity contribution in [2.24, 2.45) is 5.18 Å². The number of rotatable bonds is 12. The maximum absolute atomic E-state index is 11.7. The minimum Gasteiger partial charge on any atom is -0.492 e. The van der Waals surface area contributed by atoms with E-state index in [1.54, 1.807) is 0 Å². The number of ether oxygens (including phenoxy) is 2. The predicted octanol–water partition coefficient (Wildman–Crippen LogP) is 7.51. The van der Waals surface area contributed by atoms with Crippen LogP contribution in [-0.2, 0) is 6.42 Å². The van der Waals surface area contributed by atoms with Crippen LogP contribution in [0.2, 0.25) is 0 Å². The van der Waals surface area contributed by atoms with Crippen LogP contribution in [0.15, 0.2) is 71.9 Å². The summed E-state index contributed by atoms with van der Waals surface area (Å²) in [4.78, 5) is 17.8. The average Bonchev–Trinajstić information content (AvgIpc) is 3.77. The fourth-order valence-electron chi connectivity index (χ4n) is 5.87. The van der Waals surface area contributed by atoms with Gasteiger partial charge in [0.25, 0.3) is 0 Å². The largest absolute Gasteiger partial charge is 0.492 e. The van der Waals surface area contributed by atoms with Crippen molar-refractivity contribution in [2.75, 3.05) is 52.5 Å². The van der Waals surface area contributed by atoms with Gasteiger partial charge in [0.2, 0.25) is 0 Å². The maximum Gasteiger partial charge on any atom is 0.150 e. The maximum atomic E-state index is 11.7. The van der Waals surface area contributed by atoms with Crippen molar-refractivity contribution >= 4 is 27.1 Å². The van der Waals surface area contributed by atoms with Crippen LogP contribution in [0.5, 0.6) is 11.5 Å². The van der Waals surface area contributed by atoms with Crippen LogP contribution in [0.4, 0.5) is 5.69 Å². The van der Waals surface area contributed by atoms with Crippen LogP contribution in [0, 0.1) is 4.91 Å². The summed E-state index contributed by atoms with van der Waals surface area (Å²) in [7, 11) is 0. The lowest BCUT2D eigenvalue weighted by Gasteiger charge is -2.15. The Hall–Kier alpha value is -3.26. The van der Waals surface area contributed by atoms with Gasteiger partial charge < -0.3 is 9.47 Å². The van der Waals surface area contributed by atoms with E-state index in [0.29, 0.717) is 24.5 Å². The van der Waals surface area contributed by atoms with E-state index in [2.05, 4.69) is 69.6 Å². The molecule has 6 rings (SSSR count). The molecule has 7 heteroatoms. The zero-order valence-electron chi connectivity index (χ0n) is 23.0. The van der Waals surface area contributed by atoms with Crippen LogP contribution in [0.25, 0.3) is 20.5 Å². The zero-order valence-corrected chi connectivity index (χ0v) is 23.8. The molecule has 0 amide bonds. The van der Waals surface area contributed by atoms with E-state index in [9.17, 15) is 4.91 Å². The fourth-order valence-corrected chi connectivity index (χ4v) is 7.10. The molecular weight excluding hydrogens is 518 g/mol. The Morgan fingerprint density at radius 3 is 2.15 bits per heavy atom. The van der Waals surface area contributed by atoms with Gasteiger partial charge in [-0.3, -0.25) is 9.80 Å². The molecule has 208 valence electrons. The molecule has 6 nitrogen and oxygen atoms in total. The smallest absolute Gasteiger partial charge is 0.150 e. The Bertz CT molecular complexity index is 1420. The molecule has 2 aliphatic heterocycles. The lowest BCUT2D eigenvalue weighted by atomic mass is 9.98. The molecule has 0 saturated carbocycles. The Morgan fingerprint density at radius 1 is 0.775 bits per heavy atom. The number of hydrogen-bond acceptors (Lipinski definition) is 7. The molecule has 1 aromatic heterocycles. The second kappa shape index (κ2) is 12.9. The summed E-state index contributed by atoms with van der Waals surface area (Å²) < 4.78 is 13.3. The normalized spacial score (nSPS) is 16.1. The van der Waals surface area contributed by atoms with Crippen molar-refractivity contribution in [3.8, 4) is 21.9 Å². The predicted molar refractivity (Wildman–Crippen MR) is 164 cm³/mol. The molecule has 2 fully saturated rings. The average molecular weight is 556 g/mol. The molecule has 0 spiro atoms. The van der Waals surface area contributed by atoms with Crippen molar-refractivity contribution in [2.45, 2.75) is 32.1 Å². The topological polar surface area (TPSA) is 54.4 Å². The van der Waals surface area contributed by atoms with Gasteiger partial charge in [-0.1, -0.05) is 24.3 Å². The Morgan fingerprint density at radius 2 is 1.45 bits per heavy atom. The van der Waals surface area contributed by atoms with Crippen LogP contribution in [0.1, 0.15) is 36.8 Å². The third-order valence-corrected chi connectivity index (χ3v) is 9.32. The quantitative estimate of drug-likeness (QED) is 0.169. The van der Waals surface area contributed by atoms with Gasteiger partial charge in [-0.05, 0) is 128 Å². The Kier molecular flexibility index (Phi) is 8.71. The number of likely N-dealkylation sites (tertiary alicyclic amines) is 2. The fraction of sp³-hybridized carbons (Fsp3) is 0.394. The van der Waals surface area contributed by atoms with Gasteiger partial charge in [0, 0.05) is 22.7 Å². The molecule has 2 saturated heterocycles. The van der Waals surface area contributed by atoms with Crippen molar-refractivity contribution < 1.29 is 9.47 Å². The molecule has 0 bridgehead atoms. The highest BCUT2D eigenvalue weighted by atomic mass is 32.1. The zero-order chi connectivity index (χ0) is 27.1. The SMILES string of the molecule is O=Nc1cc(Cc2c(-c3ccc(OCCN4CCCC4)cc3)sc3ccccc23)ccc1OCCN1CCCC1. The number of thiophene rings is 1. The van der Waals surface area contributed by atoms with Gasteiger partial charge in [0.1, 0.15) is 30.4 Å². The van der Waals surface area contributed by atoms with Gasteiger partial charge in [0.05, 0.1) is 0 Å². The lowest BCUT2D eigenvalue weighted by molar-refractivity contribution is 0.238. The summed E-state index contributed by atoms with van der Waals surface area (Å²) in [5.41, 5.74) is 3.87. The van der Waals surface area contributed by atoms with Crippen LogP contribution < -0.4 is 9.47 Å². The molecule has 0 radical (unpaired) electrons. The summed E-state index contributed by atoms with van der Waals surface area (Å²) in [5, 5.41) is 4.56. The van der Waals surface area contributed by atoms with E-state index < -0.39 is 0 Å². The first-order valence-corrected chi connectivity index (χ1v) is 15.4. The Labute approximate surface area is 240 Å². The minimum atomic E-state index is 0.371. The molecular formula is C33H37N3O3S. The molecule has 0 N–H and O–H groups in total. The number of benzene rings is 3. The lowest BCUT2D eigenvalue weighted by Crippen LogP contribution is -2.25. The van der Waals surface area contributed by atoms with Crippen LogP contribution in [0.3, 0.4) is 0 Å². The monoisotopic (exact) mass is 555 g/mol. The van der Waals surface area contributed by atoms with Gasteiger partial charge >= 0.3 is 0 Å². The third kappa shape index (κ3) is 6.38. The first-order chi connectivity index (χ1) is 19.8. The van der Waals surface area contributed by atoms with Crippen molar-refractivity contribution in [1.82, 2.24) is 9.80 Å². The molecule has 3 aromatic carbocycles. The Balaban J connectivity index is 1.18.